The van der Waals surface area contributed by atoms with E-state index in [1.54, 1.807) is 6.07 Å². The van der Waals surface area contributed by atoms with Crippen molar-refractivity contribution in [2.75, 3.05) is 6.61 Å². The van der Waals surface area contributed by atoms with Crippen LogP contribution in [0.15, 0.2) is 24.3 Å². The highest BCUT2D eigenvalue weighted by Gasteiger charge is 2.33. The highest BCUT2D eigenvalue weighted by molar-refractivity contribution is 6.31. The molecule has 0 spiro atoms. The van der Waals surface area contributed by atoms with E-state index in [0.717, 1.165) is 23.7 Å². The smallest absolute Gasteiger partial charge is 0.268 e. The minimum Gasteiger partial charge on any atom is -0.396 e. The first-order chi connectivity index (χ1) is 15.8. The van der Waals surface area contributed by atoms with Crippen LogP contribution in [0, 0.1) is 23.2 Å². The third-order valence-electron chi connectivity index (χ3n) is 6.24. The van der Waals surface area contributed by atoms with E-state index in [9.17, 15) is 20.0 Å². The van der Waals surface area contributed by atoms with E-state index in [2.05, 4.69) is 16.7 Å². The minimum absolute atomic E-state index is 0.0165. The molecule has 0 saturated heterocycles. The quantitative estimate of drug-likeness (QED) is 0.512. The maximum absolute atomic E-state index is 13.3. The van der Waals surface area contributed by atoms with Gasteiger partial charge in [-0.2, -0.15) is 5.26 Å². The summed E-state index contributed by atoms with van der Waals surface area (Å²) in [4.78, 5) is 26.3. The van der Waals surface area contributed by atoms with Crippen LogP contribution in [-0.2, 0) is 11.3 Å². The summed E-state index contributed by atoms with van der Waals surface area (Å²) in [6.07, 6.45) is 4.36. The van der Waals surface area contributed by atoms with Gasteiger partial charge in [0, 0.05) is 29.6 Å². The third-order valence-corrected chi connectivity index (χ3v) is 6.47. The molecule has 8 heteroatoms. The van der Waals surface area contributed by atoms with E-state index in [1.807, 2.05) is 36.6 Å². The lowest BCUT2D eigenvalue weighted by atomic mass is 9.83. The molecule has 1 aliphatic carbocycles. The van der Waals surface area contributed by atoms with E-state index < -0.39 is 6.04 Å². The van der Waals surface area contributed by atoms with Crippen LogP contribution >= 0.6 is 11.6 Å². The number of aliphatic hydroxyl groups excluding tert-OH is 1. The lowest BCUT2D eigenvalue weighted by Crippen LogP contribution is -2.50. The Labute approximate surface area is 200 Å². The van der Waals surface area contributed by atoms with Gasteiger partial charge in [0.1, 0.15) is 11.7 Å². The van der Waals surface area contributed by atoms with Crippen LogP contribution in [-0.4, -0.2) is 40.2 Å². The summed E-state index contributed by atoms with van der Waals surface area (Å²) < 4.78 is 1.87. The van der Waals surface area contributed by atoms with Crippen LogP contribution in [0.3, 0.4) is 0 Å². The highest BCUT2D eigenvalue weighted by Crippen LogP contribution is 2.27. The van der Waals surface area contributed by atoms with Crippen molar-refractivity contribution in [2.45, 2.75) is 71.0 Å². The maximum Gasteiger partial charge on any atom is 0.268 e. The molecule has 1 aromatic carbocycles. The van der Waals surface area contributed by atoms with Gasteiger partial charge in [0.15, 0.2) is 0 Å². The number of halogens is 1. The molecular weight excluding hydrogens is 440 g/mol. The number of carbonyl (C=O) groups excluding carboxylic acids is 2. The first-order valence-corrected chi connectivity index (χ1v) is 12.1. The summed E-state index contributed by atoms with van der Waals surface area (Å²) in [6.45, 7) is 4.53. The topological polar surface area (TPSA) is 107 Å². The Hall–Kier alpha value is -2.56. The van der Waals surface area contributed by atoms with Gasteiger partial charge in [-0.15, -0.1) is 0 Å². The van der Waals surface area contributed by atoms with Gasteiger partial charge in [-0.25, -0.2) is 0 Å². The largest absolute Gasteiger partial charge is 0.396 e. The van der Waals surface area contributed by atoms with Crippen molar-refractivity contribution in [2.24, 2.45) is 11.8 Å². The predicted molar refractivity (Wildman–Crippen MR) is 129 cm³/mol. The first-order valence-electron chi connectivity index (χ1n) is 11.7. The highest BCUT2D eigenvalue weighted by atomic mass is 35.5. The number of aryl methyl sites for hydroxylation is 1. The zero-order chi connectivity index (χ0) is 24.0. The number of benzene rings is 1. The number of carbonyl (C=O) groups is 2. The number of aliphatic hydroxyl groups is 1. The number of fused-ring (bicyclic) bond motifs is 1. The monoisotopic (exact) mass is 472 g/mol. The number of hydrogen-bond donors (Lipinski definition) is 3. The Morgan fingerprint density at radius 2 is 2.03 bits per heavy atom. The second-order valence-electron chi connectivity index (χ2n) is 9.25. The number of amides is 2. The Kier molecular flexibility index (Phi) is 8.76. The summed E-state index contributed by atoms with van der Waals surface area (Å²) in [6, 6.07) is 8.66. The number of nitrogens with zero attached hydrogens (tertiary/aromatic N) is 2. The fourth-order valence-corrected chi connectivity index (χ4v) is 4.81. The maximum atomic E-state index is 13.3. The zero-order valence-electron chi connectivity index (χ0n) is 19.3. The van der Waals surface area contributed by atoms with Crippen molar-refractivity contribution in [1.82, 2.24) is 15.2 Å². The molecule has 1 aliphatic rings. The predicted octanol–water partition coefficient (Wildman–Crippen LogP) is 4.02. The van der Waals surface area contributed by atoms with Crippen molar-refractivity contribution in [3.63, 3.8) is 0 Å². The molecule has 1 heterocycles. The number of rotatable bonds is 9. The summed E-state index contributed by atoms with van der Waals surface area (Å²) in [5.74, 6) is -0.481. The molecule has 2 aromatic rings. The van der Waals surface area contributed by atoms with Gasteiger partial charge in [-0.1, -0.05) is 44.4 Å². The molecule has 3 N–H and O–H groups in total. The second-order valence-corrected chi connectivity index (χ2v) is 9.69. The van der Waals surface area contributed by atoms with Crippen molar-refractivity contribution in [1.29, 1.82) is 5.26 Å². The first kappa shape index (κ1) is 25.1. The molecular formula is C25H33ClN4O3. The standard InChI is InChI=1S/C25H33ClN4O3/c1-16(2)12-19(15-27)28-24(32)20-6-3-4-7-21(20)29-25(33)23-13-17-8-9-18(26)14-22(17)30(23)10-5-11-31/h8-9,13-14,16,19-21,31H,3-7,10-12H2,1-2H3,(H,28,32)(H,29,33). The number of hydrogen-bond acceptors (Lipinski definition) is 4. The zero-order valence-corrected chi connectivity index (χ0v) is 20.1. The Morgan fingerprint density at radius 1 is 1.27 bits per heavy atom. The Balaban J connectivity index is 1.79. The van der Waals surface area contributed by atoms with Gasteiger partial charge in [0.2, 0.25) is 5.91 Å². The van der Waals surface area contributed by atoms with Crippen LogP contribution in [0.2, 0.25) is 5.02 Å². The van der Waals surface area contributed by atoms with E-state index >= 15 is 0 Å². The van der Waals surface area contributed by atoms with Crippen LogP contribution < -0.4 is 10.6 Å². The van der Waals surface area contributed by atoms with E-state index in [1.165, 1.54) is 0 Å². The molecule has 2 amide bonds. The molecule has 3 unspecified atom stereocenters. The molecule has 178 valence electrons. The fraction of sp³-hybridized carbons (Fsp3) is 0.560. The van der Waals surface area contributed by atoms with Crippen LogP contribution in [0.1, 0.15) is 62.9 Å². The van der Waals surface area contributed by atoms with Crippen LogP contribution in [0.5, 0.6) is 0 Å². The summed E-state index contributed by atoms with van der Waals surface area (Å²) in [7, 11) is 0. The molecule has 3 rings (SSSR count). The third kappa shape index (κ3) is 6.27. The molecule has 3 atom stereocenters. The van der Waals surface area contributed by atoms with Gasteiger partial charge < -0.3 is 20.3 Å². The van der Waals surface area contributed by atoms with Crippen LogP contribution in [0.25, 0.3) is 10.9 Å². The van der Waals surface area contributed by atoms with Crippen LogP contribution in [0.4, 0.5) is 0 Å². The number of nitriles is 1. The average Bonchev–Trinajstić information content (AvgIpc) is 3.14. The molecule has 33 heavy (non-hydrogen) atoms. The van der Waals surface area contributed by atoms with Gasteiger partial charge in [-0.05, 0) is 49.8 Å². The Bertz CT molecular complexity index is 1030. The number of nitrogens with one attached hydrogen (secondary N) is 2. The SMILES string of the molecule is CC(C)CC(C#N)NC(=O)C1CCCCC1NC(=O)c1cc2ccc(Cl)cc2n1CCCO. The van der Waals surface area contributed by atoms with Crippen molar-refractivity contribution >= 4 is 34.3 Å². The van der Waals surface area contributed by atoms with Crippen molar-refractivity contribution < 1.29 is 14.7 Å². The summed E-state index contributed by atoms with van der Waals surface area (Å²) >= 11 is 6.18. The summed E-state index contributed by atoms with van der Waals surface area (Å²) in [5.41, 5.74) is 1.32. The average molecular weight is 473 g/mol. The molecule has 1 saturated carbocycles. The molecule has 0 bridgehead atoms. The molecule has 0 radical (unpaired) electrons. The molecule has 1 aromatic heterocycles. The summed E-state index contributed by atoms with van der Waals surface area (Å²) in [5, 5.41) is 26.2. The van der Waals surface area contributed by atoms with Crippen molar-refractivity contribution in [3.05, 3.63) is 35.0 Å². The lowest BCUT2D eigenvalue weighted by molar-refractivity contribution is -0.127. The number of aromatic nitrogens is 1. The van der Waals surface area contributed by atoms with Gasteiger partial charge in [-0.3, -0.25) is 9.59 Å². The Morgan fingerprint density at radius 3 is 2.73 bits per heavy atom. The van der Waals surface area contributed by atoms with Crippen molar-refractivity contribution in [3.8, 4) is 6.07 Å². The molecule has 0 aliphatic heterocycles. The van der Waals surface area contributed by atoms with Gasteiger partial charge >= 0.3 is 0 Å². The minimum atomic E-state index is -0.526. The van der Waals surface area contributed by atoms with E-state index in [-0.39, 0.29) is 30.4 Å². The fourth-order valence-electron chi connectivity index (χ4n) is 4.64. The normalized spacial score (nSPS) is 19.3. The molecule has 7 nitrogen and oxygen atoms in total. The van der Waals surface area contributed by atoms with Gasteiger partial charge in [0.05, 0.1) is 17.5 Å². The van der Waals surface area contributed by atoms with E-state index in [4.69, 9.17) is 11.6 Å². The lowest BCUT2D eigenvalue weighted by Gasteiger charge is -2.32. The second kappa shape index (κ2) is 11.5. The van der Waals surface area contributed by atoms with E-state index in [0.29, 0.717) is 48.9 Å². The van der Waals surface area contributed by atoms with Gasteiger partial charge in [0.25, 0.3) is 5.91 Å². The molecule has 1 fully saturated rings.